The number of carbonyl (C=O) groups excluding carboxylic acids is 2. The van der Waals surface area contributed by atoms with Gasteiger partial charge in [0.1, 0.15) is 5.69 Å². The molecule has 0 radical (unpaired) electrons. The van der Waals surface area contributed by atoms with E-state index in [1.807, 2.05) is 0 Å². The van der Waals surface area contributed by atoms with Gasteiger partial charge in [-0.2, -0.15) is 5.10 Å². The molecule has 2 aromatic rings. The fourth-order valence-corrected chi connectivity index (χ4v) is 5.28. The number of rotatable bonds is 6. The van der Waals surface area contributed by atoms with Crippen LogP contribution in [0.5, 0.6) is 5.88 Å². The summed E-state index contributed by atoms with van der Waals surface area (Å²) in [4.78, 5) is 30.1. The third-order valence-corrected chi connectivity index (χ3v) is 7.45. The molecule has 3 aliphatic rings. The topological polar surface area (TPSA) is 123 Å². The fraction of sp³-hybridized carbons (Fsp3) is 0.615. The minimum atomic E-state index is -0.553. The van der Waals surface area contributed by atoms with Gasteiger partial charge in [0.2, 0.25) is 11.8 Å². The number of primary amides is 1. The predicted octanol–water partition coefficient (Wildman–Crippen LogP) is 3.85. The molecule has 2 aromatic heterocycles. The van der Waals surface area contributed by atoms with Crippen molar-refractivity contribution in [2.45, 2.75) is 76.4 Å². The van der Waals surface area contributed by atoms with Crippen LogP contribution in [0.4, 0.5) is 4.39 Å². The average molecular weight is 502 g/mol. The molecule has 2 aliphatic carbocycles. The standard InChI is InChI=1S/C18H20FN5O3.C8H16O/c1-27-15-6-11(12(19)9-21-15)13-7-14(23-22-13)17(26)24-5-2-10(16(20)25)8-18(24)3-4-18;1-2-9-8-6-4-3-5-7-8/h6-7,9-10H,2-5,8H2,1H3,(H2,20,25)(H,22,23);8H,2-7H2,1H3. The molecule has 1 aliphatic heterocycles. The molecule has 1 unspecified atom stereocenters. The van der Waals surface area contributed by atoms with Crippen molar-refractivity contribution < 1.29 is 23.5 Å². The third kappa shape index (κ3) is 5.86. The Kier molecular flexibility index (Phi) is 8.23. The Morgan fingerprint density at radius 3 is 2.61 bits per heavy atom. The zero-order valence-electron chi connectivity index (χ0n) is 21.1. The lowest BCUT2D eigenvalue weighted by molar-refractivity contribution is -0.124. The molecule has 36 heavy (non-hydrogen) atoms. The summed E-state index contributed by atoms with van der Waals surface area (Å²) >= 11 is 0. The second-order valence-electron chi connectivity index (χ2n) is 9.86. The molecule has 1 spiro atoms. The van der Waals surface area contributed by atoms with Crippen molar-refractivity contribution in [1.82, 2.24) is 20.1 Å². The molecule has 9 nitrogen and oxygen atoms in total. The molecule has 3 N–H and O–H groups in total. The van der Waals surface area contributed by atoms with Crippen LogP contribution < -0.4 is 10.5 Å². The number of H-pyrrole nitrogens is 1. The van der Waals surface area contributed by atoms with E-state index in [0.717, 1.165) is 25.6 Å². The van der Waals surface area contributed by atoms with E-state index in [1.165, 1.54) is 51.3 Å². The van der Waals surface area contributed by atoms with Crippen LogP contribution in [0.25, 0.3) is 11.3 Å². The quantitative estimate of drug-likeness (QED) is 0.620. The Morgan fingerprint density at radius 2 is 1.97 bits per heavy atom. The first-order valence-electron chi connectivity index (χ1n) is 12.8. The maximum atomic E-state index is 14.1. The normalized spacial score (nSPS) is 21.0. The van der Waals surface area contributed by atoms with Crippen molar-refractivity contribution in [3.8, 4) is 17.1 Å². The molecule has 10 heteroatoms. The second kappa shape index (κ2) is 11.4. The van der Waals surface area contributed by atoms with Crippen LogP contribution in [0.15, 0.2) is 18.3 Å². The van der Waals surface area contributed by atoms with E-state index in [4.69, 9.17) is 15.2 Å². The van der Waals surface area contributed by atoms with Crippen LogP contribution in [0.2, 0.25) is 0 Å². The van der Waals surface area contributed by atoms with E-state index in [9.17, 15) is 14.0 Å². The van der Waals surface area contributed by atoms with Crippen molar-refractivity contribution in [3.05, 3.63) is 29.8 Å². The molecule has 2 amide bonds. The maximum Gasteiger partial charge on any atom is 0.272 e. The van der Waals surface area contributed by atoms with Crippen LogP contribution >= 0.6 is 0 Å². The average Bonchev–Trinajstić information content (AvgIpc) is 3.46. The Balaban J connectivity index is 0.000000286. The summed E-state index contributed by atoms with van der Waals surface area (Å²) in [6.45, 7) is 3.44. The molecular weight excluding hydrogens is 465 g/mol. The Hall–Kier alpha value is -3.01. The minimum Gasteiger partial charge on any atom is -0.481 e. The van der Waals surface area contributed by atoms with Gasteiger partial charge in [-0.05, 0) is 51.5 Å². The predicted molar refractivity (Wildman–Crippen MR) is 132 cm³/mol. The number of nitrogens with two attached hydrogens (primary N) is 1. The van der Waals surface area contributed by atoms with Gasteiger partial charge in [-0.3, -0.25) is 14.7 Å². The molecule has 196 valence electrons. The molecular formula is C26H36FN5O4. The zero-order chi connectivity index (χ0) is 25.7. The highest BCUT2D eigenvalue weighted by atomic mass is 19.1. The van der Waals surface area contributed by atoms with Crippen molar-refractivity contribution >= 4 is 11.8 Å². The van der Waals surface area contributed by atoms with Gasteiger partial charge in [-0.25, -0.2) is 9.37 Å². The summed E-state index contributed by atoms with van der Waals surface area (Å²) in [6, 6.07) is 2.96. The Bertz CT molecular complexity index is 1060. The number of methoxy groups -OCH3 is 1. The highest BCUT2D eigenvalue weighted by Crippen LogP contribution is 2.50. The van der Waals surface area contributed by atoms with Crippen molar-refractivity contribution in [1.29, 1.82) is 0 Å². The van der Waals surface area contributed by atoms with E-state index in [2.05, 4.69) is 22.1 Å². The van der Waals surface area contributed by atoms with Gasteiger partial charge in [-0.15, -0.1) is 0 Å². The Morgan fingerprint density at radius 1 is 1.22 bits per heavy atom. The number of nitrogens with zero attached hydrogens (tertiary/aromatic N) is 3. The van der Waals surface area contributed by atoms with Crippen LogP contribution in [0, 0.1) is 11.7 Å². The molecule has 0 aromatic carbocycles. The zero-order valence-corrected chi connectivity index (χ0v) is 21.1. The number of aromatic nitrogens is 3. The van der Waals surface area contributed by atoms with Gasteiger partial charge in [0.25, 0.3) is 5.91 Å². The number of nitrogens with one attached hydrogen (secondary N) is 1. The van der Waals surface area contributed by atoms with Gasteiger partial charge < -0.3 is 20.1 Å². The van der Waals surface area contributed by atoms with Crippen LogP contribution in [-0.2, 0) is 9.53 Å². The summed E-state index contributed by atoms with van der Waals surface area (Å²) in [5.41, 5.74) is 5.94. The van der Waals surface area contributed by atoms with E-state index in [1.54, 1.807) is 4.90 Å². The number of piperidine rings is 1. The number of carbonyl (C=O) groups is 2. The highest BCUT2D eigenvalue weighted by molar-refractivity contribution is 5.94. The van der Waals surface area contributed by atoms with E-state index in [0.29, 0.717) is 31.2 Å². The van der Waals surface area contributed by atoms with Crippen molar-refractivity contribution in [3.63, 3.8) is 0 Å². The summed E-state index contributed by atoms with van der Waals surface area (Å²) < 4.78 is 24.6. The first kappa shape index (κ1) is 26.1. The number of ether oxygens (including phenoxy) is 2. The first-order valence-corrected chi connectivity index (χ1v) is 12.8. The molecule has 2 saturated carbocycles. The van der Waals surface area contributed by atoms with Gasteiger partial charge >= 0.3 is 0 Å². The van der Waals surface area contributed by atoms with Gasteiger partial charge in [-0.1, -0.05) is 19.3 Å². The number of hydrogen-bond acceptors (Lipinski definition) is 6. The Labute approximate surface area is 210 Å². The SMILES string of the molecule is CCOC1CCCCC1.COc1cc(-c2cc(C(=O)N3CCC(C(N)=O)CC34CC4)[nH]n2)c(F)cn1. The number of aromatic amines is 1. The molecule has 0 bridgehead atoms. The van der Waals surface area contributed by atoms with E-state index >= 15 is 0 Å². The molecule has 3 fully saturated rings. The molecule has 5 rings (SSSR count). The smallest absolute Gasteiger partial charge is 0.272 e. The number of hydrogen-bond donors (Lipinski definition) is 2. The van der Waals surface area contributed by atoms with Crippen LogP contribution in [-0.4, -0.2) is 63.8 Å². The maximum absolute atomic E-state index is 14.1. The minimum absolute atomic E-state index is 0.188. The highest BCUT2D eigenvalue weighted by Gasteiger charge is 2.54. The van der Waals surface area contributed by atoms with Crippen LogP contribution in [0.1, 0.15) is 75.2 Å². The van der Waals surface area contributed by atoms with Gasteiger partial charge in [0.15, 0.2) is 5.82 Å². The lowest BCUT2D eigenvalue weighted by Crippen LogP contribution is -2.50. The second-order valence-corrected chi connectivity index (χ2v) is 9.86. The first-order chi connectivity index (χ1) is 17.4. The number of amides is 2. The lowest BCUT2D eigenvalue weighted by atomic mass is 9.88. The summed E-state index contributed by atoms with van der Waals surface area (Å²) in [7, 11) is 1.44. The summed E-state index contributed by atoms with van der Waals surface area (Å²) in [6.07, 6.45) is 11.3. The third-order valence-electron chi connectivity index (χ3n) is 7.45. The number of likely N-dealkylation sites (tertiary alicyclic amines) is 1. The summed E-state index contributed by atoms with van der Waals surface area (Å²) in [5.74, 6) is -0.989. The lowest BCUT2D eigenvalue weighted by Gasteiger charge is -2.39. The molecule has 1 saturated heterocycles. The van der Waals surface area contributed by atoms with E-state index < -0.39 is 5.82 Å². The summed E-state index contributed by atoms with van der Waals surface area (Å²) in [5, 5.41) is 6.78. The largest absolute Gasteiger partial charge is 0.481 e. The molecule has 1 atom stereocenters. The van der Waals surface area contributed by atoms with E-state index in [-0.39, 0.29) is 40.4 Å². The number of halogens is 1. The van der Waals surface area contributed by atoms with Crippen molar-refractivity contribution in [2.75, 3.05) is 20.3 Å². The van der Waals surface area contributed by atoms with Crippen molar-refractivity contribution in [2.24, 2.45) is 11.7 Å². The fourth-order valence-electron chi connectivity index (χ4n) is 5.28. The monoisotopic (exact) mass is 501 g/mol. The number of pyridine rings is 1. The molecule has 3 heterocycles. The van der Waals surface area contributed by atoms with Crippen LogP contribution in [0.3, 0.4) is 0 Å². The van der Waals surface area contributed by atoms with Gasteiger partial charge in [0.05, 0.1) is 25.1 Å². The van der Waals surface area contributed by atoms with Gasteiger partial charge in [0, 0.05) is 36.2 Å².